The summed E-state index contributed by atoms with van der Waals surface area (Å²) in [6.07, 6.45) is 0. The van der Waals surface area contributed by atoms with Crippen LogP contribution >= 0.6 is 11.6 Å². The van der Waals surface area contributed by atoms with Crippen molar-refractivity contribution in [1.82, 2.24) is 9.46 Å². The van der Waals surface area contributed by atoms with Crippen molar-refractivity contribution in [3.63, 3.8) is 0 Å². The van der Waals surface area contributed by atoms with Gasteiger partial charge in [-0.15, -0.1) is 0 Å². The van der Waals surface area contributed by atoms with Crippen LogP contribution in [0.5, 0.6) is 5.75 Å². The van der Waals surface area contributed by atoms with Gasteiger partial charge in [0.2, 0.25) is 10.0 Å². The molecule has 3 rings (SSSR count). The minimum absolute atomic E-state index is 0.0644. The summed E-state index contributed by atoms with van der Waals surface area (Å²) >= 11 is 5.88. The van der Waals surface area contributed by atoms with E-state index in [9.17, 15) is 8.42 Å². The maximum atomic E-state index is 12.7. The Bertz CT molecular complexity index is 983. The van der Waals surface area contributed by atoms with Gasteiger partial charge in [0.1, 0.15) is 11.4 Å². The number of benzene rings is 2. The van der Waals surface area contributed by atoms with Crippen molar-refractivity contribution in [1.29, 1.82) is 0 Å². The summed E-state index contributed by atoms with van der Waals surface area (Å²) in [7, 11) is -0.635. The number of halogens is 1. The van der Waals surface area contributed by atoms with Gasteiger partial charge in [-0.2, -0.15) is 4.31 Å². The smallest absolute Gasteiger partial charge is 0.243 e. The van der Waals surface area contributed by atoms with Crippen LogP contribution in [0.25, 0.3) is 11.3 Å². The number of nitrogens with zero attached hydrogens (tertiary/aromatic N) is 2. The quantitative estimate of drug-likeness (QED) is 0.637. The van der Waals surface area contributed by atoms with Crippen LogP contribution in [0.2, 0.25) is 5.02 Å². The van der Waals surface area contributed by atoms with Crippen molar-refractivity contribution in [3.8, 4) is 17.0 Å². The zero-order valence-corrected chi connectivity index (χ0v) is 15.8. The van der Waals surface area contributed by atoms with Crippen molar-refractivity contribution in [2.24, 2.45) is 0 Å². The molecule has 0 radical (unpaired) electrons. The van der Waals surface area contributed by atoms with Crippen LogP contribution in [0, 0.1) is 0 Å². The van der Waals surface area contributed by atoms with Gasteiger partial charge in [-0.25, -0.2) is 8.42 Å². The summed E-state index contributed by atoms with van der Waals surface area (Å²) < 4.78 is 36.9. The number of methoxy groups -OCH3 is 1. The predicted molar refractivity (Wildman–Crippen MR) is 98.6 cm³/mol. The molecule has 0 bridgehead atoms. The molecule has 0 aliphatic heterocycles. The standard InChI is InChI=1S/C18H17ClN2O4S/c1-21(26(22,23)17-9-7-15(24-2)8-10-17)12-16-11-18(20-25-16)13-3-5-14(19)6-4-13/h3-11H,12H2,1-2H3. The molecule has 0 saturated heterocycles. The Kier molecular flexibility index (Phi) is 5.31. The SMILES string of the molecule is COc1ccc(S(=O)(=O)N(C)Cc2cc(-c3ccc(Cl)cc3)no2)cc1. The fourth-order valence-electron chi connectivity index (χ4n) is 2.38. The molecule has 8 heteroatoms. The Balaban J connectivity index is 1.76. The average molecular weight is 393 g/mol. The van der Waals surface area contributed by atoms with Gasteiger partial charge in [-0.1, -0.05) is 28.9 Å². The fourth-order valence-corrected chi connectivity index (χ4v) is 3.64. The lowest BCUT2D eigenvalue weighted by Gasteiger charge is -2.15. The fraction of sp³-hybridized carbons (Fsp3) is 0.167. The van der Waals surface area contributed by atoms with E-state index in [-0.39, 0.29) is 11.4 Å². The second-order valence-corrected chi connectivity index (χ2v) is 8.10. The normalized spacial score (nSPS) is 11.7. The summed E-state index contributed by atoms with van der Waals surface area (Å²) in [6.45, 7) is 0.0644. The maximum absolute atomic E-state index is 12.7. The lowest BCUT2D eigenvalue weighted by molar-refractivity contribution is 0.344. The number of hydrogen-bond acceptors (Lipinski definition) is 5. The molecular formula is C18H17ClN2O4S. The van der Waals surface area contributed by atoms with E-state index in [0.29, 0.717) is 22.2 Å². The Morgan fingerprint density at radius 2 is 1.77 bits per heavy atom. The van der Waals surface area contributed by atoms with E-state index in [1.54, 1.807) is 30.3 Å². The third kappa shape index (κ3) is 3.90. The van der Waals surface area contributed by atoms with Crippen molar-refractivity contribution < 1.29 is 17.7 Å². The van der Waals surface area contributed by atoms with Crippen molar-refractivity contribution in [2.45, 2.75) is 11.4 Å². The van der Waals surface area contributed by atoms with E-state index in [4.69, 9.17) is 20.9 Å². The average Bonchev–Trinajstić information content (AvgIpc) is 3.10. The van der Waals surface area contributed by atoms with Gasteiger partial charge in [0.15, 0.2) is 5.76 Å². The Hall–Kier alpha value is -2.35. The van der Waals surface area contributed by atoms with Gasteiger partial charge in [-0.05, 0) is 36.4 Å². The zero-order valence-electron chi connectivity index (χ0n) is 14.2. The highest BCUT2D eigenvalue weighted by Gasteiger charge is 2.22. The van der Waals surface area contributed by atoms with Gasteiger partial charge in [-0.3, -0.25) is 0 Å². The largest absolute Gasteiger partial charge is 0.497 e. The Morgan fingerprint density at radius 3 is 2.38 bits per heavy atom. The van der Waals surface area contributed by atoms with Crippen LogP contribution in [-0.2, 0) is 16.6 Å². The first kappa shape index (κ1) is 18.4. The Morgan fingerprint density at radius 1 is 1.12 bits per heavy atom. The van der Waals surface area contributed by atoms with Gasteiger partial charge < -0.3 is 9.26 Å². The van der Waals surface area contributed by atoms with Gasteiger partial charge in [0.05, 0.1) is 18.6 Å². The number of hydrogen-bond donors (Lipinski definition) is 0. The second kappa shape index (κ2) is 7.49. The monoisotopic (exact) mass is 392 g/mol. The lowest BCUT2D eigenvalue weighted by atomic mass is 10.1. The van der Waals surface area contributed by atoms with E-state index in [0.717, 1.165) is 5.56 Å². The van der Waals surface area contributed by atoms with E-state index in [1.807, 2.05) is 12.1 Å². The Labute approximate surface area is 157 Å². The molecule has 0 N–H and O–H groups in total. The first-order chi connectivity index (χ1) is 12.4. The van der Waals surface area contributed by atoms with Gasteiger partial charge >= 0.3 is 0 Å². The van der Waals surface area contributed by atoms with Gasteiger partial charge in [0.25, 0.3) is 0 Å². The summed E-state index contributed by atoms with van der Waals surface area (Å²) in [5, 5.41) is 4.62. The van der Waals surface area contributed by atoms with Crippen LogP contribution < -0.4 is 4.74 Å². The van der Waals surface area contributed by atoms with Gasteiger partial charge in [0, 0.05) is 23.7 Å². The number of aromatic nitrogens is 1. The molecule has 0 amide bonds. The molecule has 0 unspecified atom stereocenters. The van der Waals surface area contributed by atoms with Crippen LogP contribution in [0.1, 0.15) is 5.76 Å². The summed E-state index contributed by atoms with van der Waals surface area (Å²) in [6, 6.07) is 15.1. The molecule has 3 aromatic rings. The maximum Gasteiger partial charge on any atom is 0.243 e. The first-order valence-corrected chi connectivity index (χ1v) is 9.54. The molecule has 0 saturated carbocycles. The summed E-state index contributed by atoms with van der Waals surface area (Å²) in [4.78, 5) is 0.179. The van der Waals surface area contributed by atoms with Crippen LogP contribution in [0.3, 0.4) is 0 Å². The summed E-state index contributed by atoms with van der Waals surface area (Å²) in [5.74, 6) is 1.03. The van der Waals surface area contributed by atoms with E-state index in [1.165, 1.54) is 30.6 Å². The molecular weight excluding hydrogens is 376 g/mol. The van der Waals surface area contributed by atoms with Crippen molar-refractivity contribution in [2.75, 3.05) is 14.2 Å². The van der Waals surface area contributed by atoms with Crippen LogP contribution in [0.15, 0.2) is 64.0 Å². The number of rotatable bonds is 6. The van der Waals surface area contributed by atoms with E-state index >= 15 is 0 Å². The minimum Gasteiger partial charge on any atom is -0.497 e. The van der Waals surface area contributed by atoms with E-state index < -0.39 is 10.0 Å². The third-order valence-electron chi connectivity index (χ3n) is 3.85. The molecule has 0 atom stereocenters. The first-order valence-electron chi connectivity index (χ1n) is 7.72. The van der Waals surface area contributed by atoms with Crippen LogP contribution in [0.4, 0.5) is 0 Å². The molecule has 1 aromatic heterocycles. The molecule has 6 nitrogen and oxygen atoms in total. The second-order valence-electron chi connectivity index (χ2n) is 5.62. The number of ether oxygens (including phenoxy) is 1. The topological polar surface area (TPSA) is 72.6 Å². The third-order valence-corrected chi connectivity index (χ3v) is 5.91. The molecule has 26 heavy (non-hydrogen) atoms. The molecule has 0 aliphatic carbocycles. The predicted octanol–water partition coefficient (Wildman–Crippen LogP) is 3.82. The number of sulfonamides is 1. The summed E-state index contributed by atoms with van der Waals surface area (Å²) in [5.41, 5.74) is 1.46. The highest BCUT2D eigenvalue weighted by molar-refractivity contribution is 7.89. The lowest BCUT2D eigenvalue weighted by Crippen LogP contribution is -2.26. The molecule has 2 aromatic carbocycles. The van der Waals surface area contributed by atoms with Crippen molar-refractivity contribution >= 4 is 21.6 Å². The highest BCUT2D eigenvalue weighted by Crippen LogP contribution is 2.24. The molecule has 0 fully saturated rings. The molecule has 0 aliphatic rings. The van der Waals surface area contributed by atoms with Crippen molar-refractivity contribution in [3.05, 3.63) is 65.4 Å². The molecule has 1 heterocycles. The van der Waals surface area contributed by atoms with Crippen LogP contribution in [-0.4, -0.2) is 32.0 Å². The minimum atomic E-state index is -3.65. The molecule has 0 spiro atoms. The molecule has 136 valence electrons. The van der Waals surface area contributed by atoms with E-state index in [2.05, 4.69) is 5.16 Å². The zero-order chi connectivity index (χ0) is 18.7. The highest BCUT2D eigenvalue weighted by atomic mass is 35.5.